The van der Waals surface area contributed by atoms with Gasteiger partial charge in [0.05, 0.1) is 0 Å². The highest BCUT2D eigenvalue weighted by Crippen LogP contribution is 2.61. The minimum Gasteiger partial charge on any atom is -0.0619 e. The van der Waals surface area contributed by atoms with E-state index in [-0.39, 0.29) is 21.7 Å². The fourth-order valence-electron chi connectivity index (χ4n) is 19.7. The molecule has 0 radical (unpaired) electrons. The molecular weight excluding hydrogens is 1150 g/mol. The van der Waals surface area contributed by atoms with Crippen molar-refractivity contribution in [1.29, 1.82) is 0 Å². The van der Waals surface area contributed by atoms with E-state index in [2.05, 4.69) is 322 Å². The van der Waals surface area contributed by atoms with Crippen molar-refractivity contribution in [2.24, 2.45) is 0 Å². The van der Waals surface area contributed by atoms with Gasteiger partial charge < -0.3 is 0 Å². The first-order chi connectivity index (χ1) is 46.6. The highest BCUT2D eigenvalue weighted by atomic mass is 14.5. The molecule has 0 fully saturated rings. The van der Waals surface area contributed by atoms with Gasteiger partial charge in [-0.25, -0.2) is 0 Å². The monoisotopic (exact) mass is 1220 g/mol. The van der Waals surface area contributed by atoms with E-state index in [1.165, 1.54) is 220 Å². The van der Waals surface area contributed by atoms with Crippen LogP contribution in [-0.4, -0.2) is 0 Å². The van der Waals surface area contributed by atoms with Crippen molar-refractivity contribution in [3.63, 3.8) is 0 Å². The van der Waals surface area contributed by atoms with Gasteiger partial charge >= 0.3 is 0 Å². The summed E-state index contributed by atoms with van der Waals surface area (Å²) in [5, 5.41) is 20.4. The van der Waals surface area contributed by atoms with Gasteiger partial charge in [0.25, 0.3) is 0 Å². The lowest BCUT2D eigenvalue weighted by Crippen LogP contribution is -2.15. The fraction of sp³-hybridized carbons (Fsp3) is 0.125. The summed E-state index contributed by atoms with van der Waals surface area (Å²) < 4.78 is 0. The number of fused-ring (bicyclic) bond motifs is 18. The molecule has 0 bridgehead atoms. The zero-order valence-corrected chi connectivity index (χ0v) is 55.4. The number of rotatable bonds is 4. The molecule has 0 amide bonds. The van der Waals surface area contributed by atoms with Gasteiger partial charge in [-0.15, -0.1) is 0 Å². The molecule has 452 valence electrons. The maximum absolute atomic E-state index is 2.63. The van der Waals surface area contributed by atoms with Gasteiger partial charge in [-0.05, 0) is 292 Å². The Hall–Kier alpha value is -10.9. The van der Waals surface area contributed by atoms with Gasteiger partial charge in [-0.1, -0.05) is 250 Å². The van der Waals surface area contributed by atoms with Gasteiger partial charge in [0.1, 0.15) is 0 Å². The Labute approximate surface area is 560 Å². The molecule has 21 rings (SSSR count). The van der Waals surface area contributed by atoms with Crippen LogP contribution in [0.5, 0.6) is 0 Å². The summed E-state index contributed by atoms with van der Waals surface area (Å²) in [4.78, 5) is 0. The van der Waals surface area contributed by atoms with Crippen LogP contribution in [0.3, 0.4) is 0 Å². The second-order valence-corrected chi connectivity index (χ2v) is 30.6. The Morgan fingerprint density at radius 3 is 0.615 bits per heavy atom. The third kappa shape index (κ3) is 6.89. The SMILES string of the molecule is CC1(C)c2ccccc2-c2c1cc1ccccc1c2-c1cc2cc(-c3c4c(cc5ccccc35)C(C)(C)c3ccccc3-4)cc3c4cc(-c5c6c(cc7ccccc57)C(C)(C)c5ccccc5-6)cc5cc(-c6c7c(cc8ccccc68)C(C)(C)c6ccccc6-7)cc(c(c1)c23)c54. The van der Waals surface area contributed by atoms with Crippen LogP contribution in [0.15, 0.2) is 267 Å². The van der Waals surface area contributed by atoms with Crippen molar-refractivity contribution in [3.8, 4) is 89.0 Å². The first kappa shape index (κ1) is 54.5. The van der Waals surface area contributed by atoms with Crippen LogP contribution in [0, 0.1) is 0 Å². The second-order valence-electron chi connectivity index (χ2n) is 30.6. The lowest BCUT2D eigenvalue weighted by atomic mass is 9.78. The minimum atomic E-state index is -0.208. The molecule has 0 heterocycles. The number of hydrogen-bond acceptors (Lipinski definition) is 0. The largest absolute Gasteiger partial charge is 0.0619 e. The lowest BCUT2D eigenvalue weighted by molar-refractivity contribution is 0.661. The molecule has 0 saturated heterocycles. The zero-order valence-electron chi connectivity index (χ0n) is 55.4. The van der Waals surface area contributed by atoms with Crippen LogP contribution >= 0.6 is 0 Å². The van der Waals surface area contributed by atoms with Crippen molar-refractivity contribution in [1.82, 2.24) is 0 Å². The van der Waals surface area contributed by atoms with E-state index in [4.69, 9.17) is 0 Å². The van der Waals surface area contributed by atoms with E-state index in [0.29, 0.717) is 0 Å². The van der Waals surface area contributed by atoms with Gasteiger partial charge in [0.15, 0.2) is 0 Å². The molecule has 0 aliphatic heterocycles. The number of hydrogen-bond donors (Lipinski definition) is 0. The molecule has 4 aliphatic rings. The molecule has 17 aromatic carbocycles. The normalized spacial score (nSPS) is 15.4. The molecule has 17 aromatic rings. The minimum absolute atomic E-state index is 0.208. The van der Waals surface area contributed by atoms with E-state index in [9.17, 15) is 0 Å². The standard InChI is InChI=1S/C96H68/c1-93(2)75-37-21-17-33-67(75)89-79(93)49-53-25-9-13-29-63(53)85(89)59-41-57-42-60(86-64-30-14-10-26-54(64)50-80-90(86)68-34-18-22-38-76(68)94(80,3)4)47-73-74-48-62(88-66-32-16-12-28-56(66)52-82-92(88)70-36-20-24-40-78(70)96(82,7)8)44-58-43-61(46-72(84(58)74)71(45-59)83(57)73)87-65-31-15-11-27-55(65)51-81-91(87)69-35-19-23-39-77(69)95(81,5)6/h9-52H,1-8H3. The summed E-state index contributed by atoms with van der Waals surface area (Å²) >= 11 is 0. The Morgan fingerprint density at radius 2 is 0.375 bits per heavy atom. The average Bonchev–Trinajstić information content (AvgIpc) is 0.817. The summed E-state index contributed by atoms with van der Waals surface area (Å²) in [6.07, 6.45) is 0. The molecular formula is C96H68. The summed E-state index contributed by atoms with van der Waals surface area (Å²) in [5.41, 5.74) is 31.1. The Balaban J connectivity index is 0.987. The topological polar surface area (TPSA) is 0 Å². The molecule has 0 nitrogen and oxygen atoms in total. The molecule has 96 heavy (non-hydrogen) atoms. The maximum Gasteiger partial charge on any atom is 0.0159 e. The van der Waals surface area contributed by atoms with Crippen LogP contribution in [0.1, 0.15) is 99.9 Å². The van der Waals surface area contributed by atoms with E-state index in [1.54, 1.807) is 0 Å². The Morgan fingerprint density at radius 1 is 0.167 bits per heavy atom. The van der Waals surface area contributed by atoms with E-state index >= 15 is 0 Å². The molecule has 0 unspecified atom stereocenters. The summed E-state index contributed by atoms with van der Waals surface area (Å²) in [5.74, 6) is 0. The molecule has 4 aliphatic carbocycles. The van der Waals surface area contributed by atoms with Gasteiger partial charge in [0, 0.05) is 21.7 Å². The Kier molecular flexibility index (Phi) is 10.5. The molecule has 0 saturated carbocycles. The Bertz CT molecular complexity index is 5660. The molecule has 0 spiro atoms. The quantitative estimate of drug-likeness (QED) is 0.122. The smallest absolute Gasteiger partial charge is 0.0159 e. The predicted octanol–water partition coefficient (Wildman–Crippen LogP) is 26.2. The van der Waals surface area contributed by atoms with Crippen LogP contribution in [0.25, 0.3) is 175 Å². The van der Waals surface area contributed by atoms with Crippen molar-refractivity contribution < 1.29 is 0 Å². The molecule has 0 aromatic heterocycles. The average molecular weight is 1220 g/mol. The maximum atomic E-state index is 2.63. The van der Waals surface area contributed by atoms with Gasteiger partial charge in [-0.3, -0.25) is 0 Å². The van der Waals surface area contributed by atoms with Crippen molar-refractivity contribution in [3.05, 3.63) is 311 Å². The molecule has 0 atom stereocenters. The van der Waals surface area contributed by atoms with Crippen LogP contribution in [0.2, 0.25) is 0 Å². The lowest BCUT2D eigenvalue weighted by Gasteiger charge is -2.25. The number of benzene rings is 17. The third-order valence-electron chi connectivity index (χ3n) is 24.2. The van der Waals surface area contributed by atoms with E-state index in [1.807, 2.05) is 0 Å². The van der Waals surface area contributed by atoms with Gasteiger partial charge in [0.2, 0.25) is 0 Å². The highest BCUT2D eigenvalue weighted by molar-refractivity contribution is 6.36. The first-order valence-corrected chi connectivity index (χ1v) is 34.5. The predicted molar refractivity (Wildman–Crippen MR) is 410 cm³/mol. The van der Waals surface area contributed by atoms with Crippen molar-refractivity contribution >= 4 is 86.2 Å². The van der Waals surface area contributed by atoms with Crippen molar-refractivity contribution in [2.45, 2.75) is 77.0 Å². The van der Waals surface area contributed by atoms with E-state index < -0.39 is 0 Å². The summed E-state index contributed by atoms with van der Waals surface area (Å²) in [6, 6.07) is 105. The zero-order chi connectivity index (χ0) is 64.2. The van der Waals surface area contributed by atoms with Gasteiger partial charge in [-0.2, -0.15) is 0 Å². The molecule has 0 heteroatoms. The fourth-order valence-corrected chi connectivity index (χ4v) is 19.7. The van der Waals surface area contributed by atoms with Crippen LogP contribution in [0.4, 0.5) is 0 Å². The third-order valence-corrected chi connectivity index (χ3v) is 24.2. The van der Waals surface area contributed by atoms with Crippen LogP contribution in [-0.2, 0) is 21.7 Å². The molecule has 0 N–H and O–H groups in total. The second kappa shape index (κ2) is 18.5. The van der Waals surface area contributed by atoms with Crippen molar-refractivity contribution in [2.75, 3.05) is 0 Å². The highest BCUT2D eigenvalue weighted by Gasteiger charge is 2.43. The summed E-state index contributed by atoms with van der Waals surface area (Å²) in [6.45, 7) is 19.5. The first-order valence-electron chi connectivity index (χ1n) is 34.5. The van der Waals surface area contributed by atoms with Crippen LogP contribution < -0.4 is 0 Å². The van der Waals surface area contributed by atoms with E-state index in [0.717, 1.165) is 0 Å². The summed E-state index contributed by atoms with van der Waals surface area (Å²) in [7, 11) is 0.